The van der Waals surface area contributed by atoms with Gasteiger partial charge in [-0.15, -0.1) is 0 Å². The molecule has 1 heterocycles. The van der Waals surface area contributed by atoms with Gasteiger partial charge in [-0.3, -0.25) is 4.18 Å². The number of nitrogens with zero attached hydrogens (tertiary/aromatic N) is 1. The summed E-state index contributed by atoms with van der Waals surface area (Å²) >= 11 is 0. The third-order valence-corrected chi connectivity index (χ3v) is 3.29. The van der Waals surface area contributed by atoms with Gasteiger partial charge in [0.2, 0.25) is 0 Å². The van der Waals surface area contributed by atoms with E-state index in [-0.39, 0.29) is 12.6 Å². The Morgan fingerprint density at radius 3 is 2.78 bits per heavy atom. The first-order chi connectivity index (χ1) is 8.42. The van der Waals surface area contributed by atoms with Crippen molar-refractivity contribution in [2.75, 3.05) is 26.0 Å². The van der Waals surface area contributed by atoms with E-state index in [1.807, 2.05) is 6.92 Å². The summed E-state index contributed by atoms with van der Waals surface area (Å²) < 4.78 is 32.0. The molecule has 7 heteroatoms. The van der Waals surface area contributed by atoms with Crippen molar-refractivity contribution in [2.24, 2.45) is 0 Å². The first-order valence-electron chi connectivity index (χ1n) is 6.22. The maximum absolute atomic E-state index is 11.7. The summed E-state index contributed by atoms with van der Waals surface area (Å²) in [6, 6.07) is 0. The molecule has 1 fully saturated rings. The number of ether oxygens (including phenoxy) is 1. The molecule has 6 nitrogen and oxygen atoms in total. The molecule has 1 amide bonds. The van der Waals surface area contributed by atoms with E-state index < -0.39 is 16.2 Å². The summed E-state index contributed by atoms with van der Waals surface area (Å²) in [5.74, 6) is 0. The van der Waals surface area contributed by atoms with E-state index in [0.29, 0.717) is 19.6 Å². The molecule has 106 valence electrons. The topological polar surface area (TPSA) is 72.9 Å². The quantitative estimate of drug-likeness (QED) is 0.561. The summed E-state index contributed by atoms with van der Waals surface area (Å²) in [7, 11) is -3.47. The second-order valence-electron chi connectivity index (χ2n) is 4.48. The minimum atomic E-state index is -3.47. The average molecular weight is 279 g/mol. The zero-order chi connectivity index (χ0) is 13.6. The molecule has 1 rings (SSSR count). The molecule has 0 N–H and O–H groups in total. The summed E-state index contributed by atoms with van der Waals surface area (Å²) in [6.07, 6.45) is 3.36. The Balaban J connectivity index is 2.40. The van der Waals surface area contributed by atoms with Crippen LogP contribution in [0.4, 0.5) is 4.79 Å². The van der Waals surface area contributed by atoms with Gasteiger partial charge in [-0.1, -0.05) is 13.3 Å². The Morgan fingerprint density at radius 2 is 2.17 bits per heavy atom. The number of amides is 1. The van der Waals surface area contributed by atoms with Gasteiger partial charge in [0.1, 0.15) is 0 Å². The second kappa shape index (κ2) is 6.94. The number of hydrogen-bond donors (Lipinski definition) is 0. The van der Waals surface area contributed by atoms with Crippen LogP contribution in [-0.4, -0.2) is 51.5 Å². The largest absolute Gasteiger partial charge is 0.449 e. The predicted octanol–water partition coefficient (Wildman–Crippen LogP) is 1.36. The summed E-state index contributed by atoms with van der Waals surface area (Å²) in [5.41, 5.74) is 0. The third-order valence-electron chi connectivity index (χ3n) is 2.67. The molecule has 18 heavy (non-hydrogen) atoms. The van der Waals surface area contributed by atoms with Gasteiger partial charge in [-0.25, -0.2) is 4.79 Å². The fourth-order valence-corrected chi connectivity index (χ4v) is 2.48. The van der Waals surface area contributed by atoms with E-state index in [9.17, 15) is 13.2 Å². The number of hydrogen-bond acceptors (Lipinski definition) is 5. The lowest BCUT2D eigenvalue weighted by atomic mass is 10.1. The maximum atomic E-state index is 11.7. The van der Waals surface area contributed by atoms with Crippen LogP contribution in [0.2, 0.25) is 0 Å². The molecule has 1 saturated heterocycles. The Hall–Kier alpha value is -0.820. The van der Waals surface area contributed by atoms with E-state index in [2.05, 4.69) is 0 Å². The molecule has 1 aliphatic heterocycles. The van der Waals surface area contributed by atoms with Crippen LogP contribution >= 0.6 is 0 Å². The number of likely N-dealkylation sites (tertiary alicyclic amines) is 1. The van der Waals surface area contributed by atoms with Crippen molar-refractivity contribution >= 4 is 16.2 Å². The van der Waals surface area contributed by atoms with Crippen LogP contribution < -0.4 is 0 Å². The fraction of sp³-hybridized carbons (Fsp3) is 0.909. The molecule has 0 saturated carbocycles. The third kappa shape index (κ3) is 5.68. The Kier molecular flexibility index (Phi) is 5.87. The maximum Gasteiger partial charge on any atom is 0.409 e. The Bertz CT molecular complexity index is 368. The highest BCUT2D eigenvalue weighted by Gasteiger charge is 2.27. The Morgan fingerprint density at radius 1 is 1.44 bits per heavy atom. The van der Waals surface area contributed by atoms with Crippen LogP contribution in [0.15, 0.2) is 0 Å². The van der Waals surface area contributed by atoms with Gasteiger partial charge >= 0.3 is 6.09 Å². The molecule has 0 aromatic rings. The van der Waals surface area contributed by atoms with Gasteiger partial charge in [0.25, 0.3) is 10.1 Å². The van der Waals surface area contributed by atoms with Crippen LogP contribution in [0.25, 0.3) is 0 Å². The van der Waals surface area contributed by atoms with E-state index in [4.69, 9.17) is 8.92 Å². The highest BCUT2D eigenvalue weighted by molar-refractivity contribution is 7.86. The van der Waals surface area contributed by atoms with E-state index in [1.165, 1.54) is 4.90 Å². The molecule has 0 aromatic carbocycles. The van der Waals surface area contributed by atoms with Crippen molar-refractivity contribution in [1.29, 1.82) is 0 Å². The van der Waals surface area contributed by atoms with E-state index >= 15 is 0 Å². The van der Waals surface area contributed by atoms with Crippen molar-refractivity contribution in [1.82, 2.24) is 4.90 Å². The lowest BCUT2D eigenvalue weighted by molar-refractivity contribution is 0.0605. The van der Waals surface area contributed by atoms with Crippen molar-refractivity contribution in [3.05, 3.63) is 0 Å². The molecule has 0 aliphatic carbocycles. The predicted molar refractivity (Wildman–Crippen MR) is 66.8 cm³/mol. The Labute approximate surface area is 108 Å². The zero-order valence-corrected chi connectivity index (χ0v) is 11.7. The van der Waals surface area contributed by atoms with E-state index in [0.717, 1.165) is 25.5 Å². The summed E-state index contributed by atoms with van der Waals surface area (Å²) in [6.45, 7) is 3.29. The minimum absolute atomic E-state index is 0.276. The molecular formula is C11H21NO5S. The normalized spacial score (nSPS) is 20.8. The molecule has 0 spiro atoms. The number of piperidine rings is 1. The van der Waals surface area contributed by atoms with Gasteiger partial charge in [0, 0.05) is 6.54 Å². The van der Waals surface area contributed by atoms with Crippen LogP contribution in [0.5, 0.6) is 0 Å². The van der Waals surface area contributed by atoms with Crippen LogP contribution in [0, 0.1) is 0 Å². The molecule has 0 radical (unpaired) electrons. The van der Waals surface area contributed by atoms with Crippen LogP contribution in [0.1, 0.15) is 32.6 Å². The van der Waals surface area contributed by atoms with Crippen LogP contribution in [-0.2, 0) is 19.0 Å². The van der Waals surface area contributed by atoms with Gasteiger partial charge in [0.05, 0.1) is 25.5 Å². The first-order valence-corrected chi connectivity index (χ1v) is 8.04. The lowest BCUT2D eigenvalue weighted by Gasteiger charge is -2.31. The lowest BCUT2D eigenvalue weighted by Crippen LogP contribution is -2.44. The number of unbranched alkanes of at least 4 members (excludes halogenated alkanes) is 1. The number of carbonyl (C=O) groups excluding carboxylic acids is 1. The van der Waals surface area contributed by atoms with Gasteiger partial charge < -0.3 is 9.64 Å². The van der Waals surface area contributed by atoms with E-state index in [1.54, 1.807) is 0 Å². The molecule has 0 bridgehead atoms. The molecule has 0 unspecified atom stereocenters. The fourth-order valence-electron chi connectivity index (χ4n) is 1.82. The van der Waals surface area contributed by atoms with Crippen LogP contribution in [0.3, 0.4) is 0 Å². The molecule has 1 aliphatic rings. The van der Waals surface area contributed by atoms with Crippen molar-refractivity contribution in [3.8, 4) is 0 Å². The molecule has 0 aromatic heterocycles. The second-order valence-corrected chi connectivity index (χ2v) is 6.08. The smallest absolute Gasteiger partial charge is 0.409 e. The highest BCUT2D eigenvalue weighted by atomic mass is 32.2. The summed E-state index contributed by atoms with van der Waals surface area (Å²) in [4.78, 5) is 13.2. The van der Waals surface area contributed by atoms with Gasteiger partial charge in [0.15, 0.2) is 0 Å². The number of rotatable bonds is 5. The SMILES string of the molecule is CCCCOC(=O)N1CCC[C@H](OS(C)(=O)=O)C1. The standard InChI is InChI=1S/C11H21NO5S/c1-3-4-8-16-11(13)12-7-5-6-10(9-12)17-18(2,14)15/h10H,3-9H2,1-2H3/t10-/m0/s1. The monoisotopic (exact) mass is 279 g/mol. The first kappa shape index (κ1) is 15.2. The number of carbonyl (C=O) groups is 1. The molecule has 1 atom stereocenters. The van der Waals surface area contributed by atoms with Crippen molar-refractivity contribution < 1.29 is 22.1 Å². The van der Waals surface area contributed by atoms with Crippen molar-refractivity contribution in [3.63, 3.8) is 0 Å². The van der Waals surface area contributed by atoms with Gasteiger partial charge in [-0.05, 0) is 19.3 Å². The summed E-state index contributed by atoms with van der Waals surface area (Å²) in [5, 5.41) is 0. The minimum Gasteiger partial charge on any atom is -0.449 e. The molecular weight excluding hydrogens is 258 g/mol. The van der Waals surface area contributed by atoms with Gasteiger partial charge in [-0.2, -0.15) is 8.42 Å². The average Bonchev–Trinajstić information content (AvgIpc) is 2.27. The zero-order valence-electron chi connectivity index (χ0n) is 10.9. The highest BCUT2D eigenvalue weighted by Crippen LogP contribution is 2.15. The van der Waals surface area contributed by atoms with Crippen molar-refractivity contribution in [2.45, 2.75) is 38.7 Å².